The Hall–Kier alpha value is -1.95. The molecule has 1 heterocycles. The molecular weight excluding hydrogens is 340 g/mol. The minimum atomic E-state index is 0.288. The van der Waals surface area contributed by atoms with Crippen LogP contribution >= 0.6 is 0 Å². The Labute approximate surface area is 162 Å². The van der Waals surface area contributed by atoms with Gasteiger partial charge in [0.25, 0.3) is 0 Å². The number of fused-ring (bicyclic) bond motifs is 1. The molecular formula is C21H34N4O2. The maximum atomic E-state index is 5.88. The van der Waals surface area contributed by atoms with Crippen molar-refractivity contribution in [2.24, 2.45) is 28.5 Å². The molecule has 0 saturated heterocycles. The van der Waals surface area contributed by atoms with Crippen LogP contribution in [0.1, 0.15) is 46.0 Å². The molecule has 3 rings (SSSR count). The standard InChI is InChI=1S/C21H34N4O2/c1-15(2)8-9-23-21(24-13-17-5-3-4-16(10-17)12-22)25-18-6-7-19-20(11-18)27-14-26-19/h6-7,11,15-17H,3-5,8-10,12-14,22H2,1-2H3,(H2,23,24,25). The summed E-state index contributed by atoms with van der Waals surface area (Å²) in [5, 5.41) is 6.90. The lowest BCUT2D eigenvalue weighted by atomic mass is 9.81. The van der Waals surface area contributed by atoms with Crippen molar-refractivity contribution in [2.75, 3.05) is 31.7 Å². The first-order valence-electron chi connectivity index (χ1n) is 10.3. The first-order chi connectivity index (χ1) is 13.1. The molecule has 2 unspecified atom stereocenters. The summed E-state index contributed by atoms with van der Waals surface area (Å²) >= 11 is 0. The van der Waals surface area contributed by atoms with Crippen LogP contribution in [0.15, 0.2) is 23.2 Å². The second-order valence-electron chi connectivity index (χ2n) is 8.13. The van der Waals surface area contributed by atoms with Gasteiger partial charge in [0.05, 0.1) is 0 Å². The Morgan fingerprint density at radius 2 is 2.04 bits per heavy atom. The van der Waals surface area contributed by atoms with Crippen LogP contribution in [0.4, 0.5) is 5.69 Å². The van der Waals surface area contributed by atoms with Gasteiger partial charge in [0, 0.05) is 24.8 Å². The number of nitrogens with one attached hydrogen (secondary N) is 2. The molecule has 6 heteroatoms. The van der Waals surface area contributed by atoms with E-state index in [1.165, 1.54) is 25.7 Å². The van der Waals surface area contributed by atoms with Gasteiger partial charge in [-0.3, -0.25) is 4.99 Å². The summed E-state index contributed by atoms with van der Waals surface area (Å²) in [6.45, 7) is 7.31. The number of anilines is 1. The van der Waals surface area contributed by atoms with E-state index in [0.717, 1.165) is 49.2 Å². The van der Waals surface area contributed by atoms with Crippen LogP contribution < -0.4 is 25.8 Å². The molecule has 1 saturated carbocycles. The van der Waals surface area contributed by atoms with Gasteiger partial charge >= 0.3 is 0 Å². The van der Waals surface area contributed by atoms with E-state index in [4.69, 9.17) is 20.2 Å². The zero-order valence-electron chi connectivity index (χ0n) is 16.7. The average Bonchev–Trinajstić information content (AvgIpc) is 3.13. The maximum Gasteiger partial charge on any atom is 0.231 e. The van der Waals surface area contributed by atoms with E-state index < -0.39 is 0 Å². The van der Waals surface area contributed by atoms with Gasteiger partial charge in [-0.25, -0.2) is 0 Å². The van der Waals surface area contributed by atoms with Crippen molar-refractivity contribution in [2.45, 2.75) is 46.0 Å². The highest BCUT2D eigenvalue weighted by Crippen LogP contribution is 2.34. The molecule has 1 aliphatic carbocycles. The average molecular weight is 375 g/mol. The lowest BCUT2D eigenvalue weighted by molar-refractivity contribution is 0.174. The van der Waals surface area contributed by atoms with Crippen molar-refractivity contribution in [3.05, 3.63) is 18.2 Å². The SMILES string of the molecule is CC(C)CCNC(=NCC1CCCC(CN)C1)Nc1ccc2c(c1)OCO2. The number of nitrogens with zero attached hydrogens (tertiary/aromatic N) is 1. The van der Waals surface area contributed by atoms with Crippen LogP contribution in [0.2, 0.25) is 0 Å². The molecule has 2 aliphatic rings. The fraction of sp³-hybridized carbons (Fsp3) is 0.667. The fourth-order valence-electron chi connectivity index (χ4n) is 3.73. The molecule has 1 fully saturated rings. The summed E-state index contributed by atoms with van der Waals surface area (Å²) in [5.74, 6) is 4.37. The minimum Gasteiger partial charge on any atom is -0.454 e. The van der Waals surface area contributed by atoms with Crippen LogP contribution in [-0.2, 0) is 0 Å². The van der Waals surface area contributed by atoms with Gasteiger partial charge in [-0.05, 0) is 62.1 Å². The van der Waals surface area contributed by atoms with Gasteiger partial charge < -0.3 is 25.8 Å². The summed E-state index contributed by atoms with van der Waals surface area (Å²) < 4.78 is 10.9. The van der Waals surface area contributed by atoms with Crippen molar-refractivity contribution in [3.8, 4) is 11.5 Å². The van der Waals surface area contributed by atoms with Crippen LogP contribution in [0.3, 0.4) is 0 Å². The summed E-state index contributed by atoms with van der Waals surface area (Å²) in [5.41, 5.74) is 6.84. The summed E-state index contributed by atoms with van der Waals surface area (Å²) in [6, 6.07) is 5.90. The molecule has 4 N–H and O–H groups in total. The Morgan fingerprint density at radius 3 is 2.85 bits per heavy atom. The Bertz CT molecular complexity index is 633. The predicted molar refractivity (Wildman–Crippen MR) is 110 cm³/mol. The number of ether oxygens (including phenoxy) is 2. The third kappa shape index (κ3) is 6.03. The van der Waals surface area contributed by atoms with Crippen molar-refractivity contribution < 1.29 is 9.47 Å². The number of benzene rings is 1. The van der Waals surface area contributed by atoms with Crippen molar-refractivity contribution >= 4 is 11.6 Å². The summed E-state index contributed by atoms with van der Waals surface area (Å²) in [6.07, 6.45) is 6.10. The van der Waals surface area contributed by atoms with Crippen molar-refractivity contribution in [1.82, 2.24) is 5.32 Å². The molecule has 2 atom stereocenters. The monoisotopic (exact) mass is 374 g/mol. The van der Waals surface area contributed by atoms with E-state index >= 15 is 0 Å². The number of guanidine groups is 1. The van der Waals surface area contributed by atoms with Crippen LogP contribution in [0.5, 0.6) is 11.5 Å². The van der Waals surface area contributed by atoms with Gasteiger partial charge in [-0.2, -0.15) is 0 Å². The van der Waals surface area contributed by atoms with E-state index in [1.54, 1.807) is 0 Å². The van der Waals surface area contributed by atoms with Gasteiger partial charge in [-0.1, -0.05) is 20.3 Å². The fourth-order valence-corrected chi connectivity index (χ4v) is 3.73. The van der Waals surface area contributed by atoms with Crippen LogP contribution in [0, 0.1) is 17.8 Å². The second-order valence-corrected chi connectivity index (χ2v) is 8.13. The number of hydrogen-bond donors (Lipinski definition) is 3. The van der Waals surface area contributed by atoms with Gasteiger partial charge in [-0.15, -0.1) is 0 Å². The van der Waals surface area contributed by atoms with E-state index in [2.05, 4.69) is 24.5 Å². The number of nitrogens with two attached hydrogens (primary N) is 1. The molecule has 1 aromatic carbocycles. The third-order valence-electron chi connectivity index (χ3n) is 5.38. The number of aliphatic imine (C=N–C) groups is 1. The van der Waals surface area contributed by atoms with Gasteiger partial charge in [0.1, 0.15) is 0 Å². The zero-order valence-corrected chi connectivity index (χ0v) is 16.7. The Kier molecular flexibility index (Phi) is 7.21. The molecule has 0 spiro atoms. The van der Waals surface area contributed by atoms with Gasteiger partial charge in [0.15, 0.2) is 17.5 Å². The topological polar surface area (TPSA) is 80.9 Å². The molecule has 150 valence electrons. The highest BCUT2D eigenvalue weighted by Gasteiger charge is 2.21. The lowest BCUT2D eigenvalue weighted by Gasteiger charge is -2.27. The number of hydrogen-bond acceptors (Lipinski definition) is 4. The molecule has 0 bridgehead atoms. The predicted octanol–water partition coefficient (Wildman–Crippen LogP) is 3.58. The van der Waals surface area contributed by atoms with Crippen LogP contribution in [0.25, 0.3) is 0 Å². The van der Waals surface area contributed by atoms with Crippen molar-refractivity contribution in [1.29, 1.82) is 0 Å². The number of rotatable bonds is 7. The Balaban J connectivity index is 1.62. The second kappa shape index (κ2) is 9.83. The molecule has 27 heavy (non-hydrogen) atoms. The molecule has 6 nitrogen and oxygen atoms in total. The van der Waals surface area contributed by atoms with E-state index in [1.807, 2.05) is 18.2 Å². The highest BCUT2D eigenvalue weighted by atomic mass is 16.7. The normalized spacial score (nSPS) is 22.1. The molecule has 1 aliphatic heterocycles. The smallest absolute Gasteiger partial charge is 0.231 e. The van der Waals surface area contributed by atoms with E-state index in [0.29, 0.717) is 17.8 Å². The summed E-state index contributed by atoms with van der Waals surface area (Å²) in [7, 11) is 0. The maximum absolute atomic E-state index is 5.88. The first-order valence-corrected chi connectivity index (χ1v) is 10.3. The van der Waals surface area contributed by atoms with Crippen molar-refractivity contribution in [3.63, 3.8) is 0 Å². The quantitative estimate of drug-likeness (QED) is 0.502. The van der Waals surface area contributed by atoms with E-state index in [-0.39, 0.29) is 6.79 Å². The lowest BCUT2D eigenvalue weighted by Crippen LogP contribution is -2.33. The molecule has 0 amide bonds. The van der Waals surface area contributed by atoms with Gasteiger partial charge in [0.2, 0.25) is 6.79 Å². The largest absolute Gasteiger partial charge is 0.454 e. The highest BCUT2D eigenvalue weighted by molar-refractivity contribution is 5.94. The third-order valence-corrected chi connectivity index (χ3v) is 5.38. The molecule has 1 aromatic rings. The zero-order chi connectivity index (χ0) is 19.1. The molecule has 0 aromatic heterocycles. The minimum absolute atomic E-state index is 0.288. The Morgan fingerprint density at radius 1 is 1.22 bits per heavy atom. The molecule has 0 radical (unpaired) electrons. The van der Waals surface area contributed by atoms with Crippen LogP contribution in [-0.4, -0.2) is 32.4 Å². The first kappa shape index (κ1) is 19.8. The van der Waals surface area contributed by atoms with E-state index in [9.17, 15) is 0 Å². The summed E-state index contributed by atoms with van der Waals surface area (Å²) in [4.78, 5) is 4.88.